The minimum Gasteiger partial charge on any atom is -0.348 e. The van der Waals surface area contributed by atoms with E-state index in [1.165, 1.54) is 17.1 Å². The fourth-order valence-electron chi connectivity index (χ4n) is 2.20. The number of benzene rings is 1. The minimum absolute atomic E-state index is 0.0929. The van der Waals surface area contributed by atoms with Gasteiger partial charge in [0.1, 0.15) is 11.4 Å². The van der Waals surface area contributed by atoms with Crippen molar-refractivity contribution in [3.05, 3.63) is 75.7 Å². The third-order valence-corrected chi connectivity index (χ3v) is 3.57. The molecular weight excluding hydrogens is 370 g/mol. The first-order valence-corrected chi connectivity index (χ1v) is 7.49. The Morgan fingerprint density at radius 3 is 2.67 bits per heavy atom. The second kappa shape index (κ2) is 7.02. The number of carbonyl (C=O) groups is 1. The van der Waals surface area contributed by atoms with E-state index in [9.17, 15) is 27.2 Å². The van der Waals surface area contributed by atoms with E-state index in [1.807, 2.05) is 0 Å². The normalized spacial score (nSPS) is 11.4. The molecule has 0 aliphatic rings. The van der Waals surface area contributed by atoms with Crippen LogP contribution in [0.2, 0.25) is 0 Å². The van der Waals surface area contributed by atoms with Gasteiger partial charge in [0, 0.05) is 30.7 Å². The van der Waals surface area contributed by atoms with Gasteiger partial charge in [0.25, 0.3) is 11.5 Å². The molecule has 0 saturated carbocycles. The Kier molecular flexibility index (Phi) is 4.75. The maximum Gasteiger partial charge on any atom is 0.416 e. The van der Waals surface area contributed by atoms with Crippen molar-refractivity contribution in [1.82, 2.24) is 25.1 Å². The molecule has 0 aliphatic carbocycles. The summed E-state index contributed by atoms with van der Waals surface area (Å²) in [5.74, 6) is -1.88. The van der Waals surface area contributed by atoms with Crippen molar-refractivity contribution in [3.8, 4) is 5.95 Å². The summed E-state index contributed by atoms with van der Waals surface area (Å²) in [7, 11) is 0. The van der Waals surface area contributed by atoms with Gasteiger partial charge in [-0.3, -0.25) is 14.6 Å². The topological polar surface area (TPSA) is 92.7 Å². The first-order valence-electron chi connectivity index (χ1n) is 7.49. The van der Waals surface area contributed by atoms with Gasteiger partial charge in [0.15, 0.2) is 0 Å². The Hall–Kier alpha value is -3.50. The van der Waals surface area contributed by atoms with Crippen LogP contribution in [0, 0.1) is 5.82 Å². The van der Waals surface area contributed by atoms with Crippen molar-refractivity contribution in [2.75, 3.05) is 0 Å². The number of carbonyl (C=O) groups excluding carboxylic acids is 1. The van der Waals surface area contributed by atoms with Crippen LogP contribution in [0.25, 0.3) is 5.95 Å². The highest BCUT2D eigenvalue weighted by atomic mass is 19.4. The van der Waals surface area contributed by atoms with Crippen molar-refractivity contribution in [2.45, 2.75) is 12.7 Å². The van der Waals surface area contributed by atoms with Crippen LogP contribution in [0.3, 0.4) is 0 Å². The van der Waals surface area contributed by atoms with Crippen LogP contribution in [-0.2, 0) is 12.7 Å². The summed E-state index contributed by atoms with van der Waals surface area (Å²) < 4.78 is 52.6. The smallest absolute Gasteiger partial charge is 0.348 e. The second-order valence-corrected chi connectivity index (χ2v) is 5.39. The Morgan fingerprint density at radius 1 is 1.30 bits per heavy atom. The number of nitrogens with one attached hydrogen (secondary N) is 2. The monoisotopic (exact) mass is 381 g/mol. The fourth-order valence-corrected chi connectivity index (χ4v) is 2.20. The molecule has 0 spiro atoms. The number of aromatic amines is 1. The van der Waals surface area contributed by atoms with Gasteiger partial charge in [-0.15, -0.1) is 0 Å². The van der Waals surface area contributed by atoms with E-state index in [-0.39, 0.29) is 17.1 Å². The second-order valence-electron chi connectivity index (χ2n) is 5.39. The molecule has 3 aromatic rings. The summed E-state index contributed by atoms with van der Waals surface area (Å²) in [5, 5.41) is 6.14. The van der Waals surface area contributed by atoms with E-state index in [0.29, 0.717) is 12.1 Å². The van der Waals surface area contributed by atoms with Crippen molar-refractivity contribution in [1.29, 1.82) is 0 Å². The zero-order chi connectivity index (χ0) is 19.6. The summed E-state index contributed by atoms with van der Waals surface area (Å²) >= 11 is 0. The van der Waals surface area contributed by atoms with Crippen molar-refractivity contribution >= 4 is 5.91 Å². The lowest BCUT2D eigenvalue weighted by Gasteiger charge is -2.10. The predicted molar refractivity (Wildman–Crippen MR) is 84.6 cm³/mol. The van der Waals surface area contributed by atoms with Gasteiger partial charge in [0.2, 0.25) is 5.95 Å². The number of hydrogen-bond donors (Lipinski definition) is 2. The molecule has 2 heterocycles. The van der Waals surface area contributed by atoms with Gasteiger partial charge in [-0.05, 0) is 18.2 Å². The third kappa shape index (κ3) is 4.02. The zero-order valence-electron chi connectivity index (χ0n) is 13.4. The molecule has 2 N–H and O–H groups in total. The molecule has 3 rings (SSSR count). The van der Waals surface area contributed by atoms with Crippen molar-refractivity contribution in [3.63, 3.8) is 0 Å². The van der Waals surface area contributed by atoms with Gasteiger partial charge >= 0.3 is 6.18 Å². The van der Waals surface area contributed by atoms with Crippen LogP contribution in [0.15, 0.2) is 47.7 Å². The Balaban J connectivity index is 1.72. The molecule has 27 heavy (non-hydrogen) atoms. The highest BCUT2D eigenvalue weighted by Gasteiger charge is 2.31. The molecule has 140 valence electrons. The van der Waals surface area contributed by atoms with Crippen LogP contribution in [0.4, 0.5) is 17.6 Å². The van der Waals surface area contributed by atoms with Gasteiger partial charge < -0.3 is 5.32 Å². The molecule has 0 saturated heterocycles. The molecular formula is C16H11F4N5O2. The first kappa shape index (κ1) is 18.3. The summed E-state index contributed by atoms with van der Waals surface area (Å²) in [6.45, 7) is -0.400. The highest BCUT2D eigenvalue weighted by Crippen LogP contribution is 2.30. The molecule has 7 nitrogen and oxygen atoms in total. The SMILES string of the molecule is O=C(NCc1ccc(C(F)(F)F)cc1F)c1cnc(-n2cccn2)[nH]c1=O. The maximum absolute atomic E-state index is 13.8. The maximum atomic E-state index is 13.8. The van der Waals surface area contributed by atoms with Crippen LogP contribution in [0.1, 0.15) is 21.5 Å². The van der Waals surface area contributed by atoms with Crippen LogP contribution in [-0.4, -0.2) is 25.7 Å². The number of amides is 1. The number of rotatable bonds is 4. The predicted octanol–water partition coefficient (Wildman–Crippen LogP) is 2.04. The fraction of sp³-hybridized carbons (Fsp3) is 0.125. The minimum atomic E-state index is -4.67. The van der Waals surface area contributed by atoms with Crippen LogP contribution < -0.4 is 10.9 Å². The molecule has 0 fully saturated rings. The summed E-state index contributed by atoms with van der Waals surface area (Å²) in [5.41, 5.74) is -2.38. The van der Waals surface area contributed by atoms with Gasteiger partial charge in [-0.25, -0.2) is 14.1 Å². The average molecular weight is 381 g/mol. The van der Waals surface area contributed by atoms with Crippen LogP contribution >= 0.6 is 0 Å². The summed E-state index contributed by atoms with van der Waals surface area (Å²) in [6.07, 6.45) is -0.642. The number of halogens is 4. The Bertz CT molecular complexity index is 1030. The first-order chi connectivity index (χ1) is 12.8. The zero-order valence-corrected chi connectivity index (χ0v) is 13.4. The lowest BCUT2D eigenvalue weighted by molar-refractivity contribution is -0.137. The number of alkyl halides is 3. The van der Waals surface area contributed by atoms with E-state index in [0.717, 1.165) is 12.3 Å². The molecule has 0 aliphatic heterocycles. The van der Waals surface area contributed by atoms with Gasteiger partial charge in [-0.2, -0.15) is 18.3 Å². The molecule has 1 amide bonds. The van der Waals surface area contributed by atoms with E-state index in [4.69, 9.17) is 0 Å². The molecule has 0 atom stereocenters. The highest BCUT2D eigenvalue weighted by molar-refractivity contribution is 5.93. The summed E-state index contributed by atoms with van der Waals surface area (Å²) in [4.78, 5) is 30.4. The molecule has 0 bridgehead atoms. The van der Waals surface area contributed by atoms with Crippen molar-refractivity contribution in [2.24, 2.45) is 0 Å². The Labute approximate surface area is 148 Å². The van der Waals surface area contributed by atoms with E-state index in [1.54, 1.807) is 6.07 Å². The number of hydrogen-bond acceptors (Lipinski definition) is 4. The largest absolute Gasteiger partial charge is 0.416 e. The number of aromatic nitrogens is 4. The van der Waals surface area contributed by atoms with E-state index < -0.39 is 35.6 Å². The van der Waals surface area contributed by atoms with Crippen molar-refractivity contribution < 1.29 is 22.4 Å². The Morgan fingerprint density at radius 2 is 2.07 bits per heavy atom. The standard InChI is InChI=1S/C16H11F4N5O2/c17-12-6-10(16(18,19)20)3-2-9(12)7-21-13(26)11-8-22-15(24-14(11)27)25-5-1-4-23-25/h1-6,8H,7H2,(H,21,26)(H,22,24,27). The number of H-pyrrole nitrogens is 1. The lowest BCUT2D eigenvalue weighted by Crippen LogP contribution is -2.30. The van der Waals surface area contributed by atoms with Gasteiger partial charge in [-0.1, -0.05) is 6.07 Å². The quantitative estimate of drug-likeness (QED) is 0.677. The molecule has 0 radical (unpaired) electrons. The molecule has 11 heteroatoms. The molecule has 1 aromatic carbocycles. The molecule has 2 aromatic heterocycles. The number of nitrogens with zero attached hydrogens (tertiary/aromatic N) is 3. The summed E-state index contributed by atoms with van der Waals surface area (Å²) in [6, 6.07) is 3.58. The average Bonchev–Trinajstić information content (AvgIpc) is 3.14. The van der Waals surface area contributed by atoms with Crippen LogP contribution in [0.5, 0.6) is 0 Å². The third-order valence-electron chi connectivity index (χ3n) is 3.57. The molecule has 0 unspecified atom stereocenters. The van der Waals surface area contributed by atoms with E-state index >= 15 is 0 Å². The van der Waals surface area contributed by atoms with E-state index in [2.05, 4.69) is 20.4 Å². The lowest BCUT2D eigenvalue weighted by atomic mass is 10.1. The van der Waals surface area contributed by atoms with Gasteiger partial charge in [0.05, 0.1) is 5.56 Å².